The summed E-state index contributed by atoms with van der Waals surface area (Å²) < 4.78 is 11.5. The Kier molecular flexibility index (Phi) is 8.68. The van der Waals surface area contributed by atoms with Crippen molar-refractivity contribution in [3.05, 3.63) is 48.2 Å². The molecule has 2 aromatic rings. The van der Waals surface area contributed by atoms with E-state index in [1.54, 1.807) is 41.7 Å². The number of hydrogen-bond donors (Lipinski definition) is 3. The van der Waals surface area contributed by atoms with Crippen molar-refractivity contribution in [3.8, 4) is 5.75 Å². The van der Waals surface area contributed by atoms with E-state index in [-0.39, 0.29) is 23.5 Å². The summed E-state index contributed by atoms with van der Waals surface area (Å²) in [5.74, 6) is 0.732. The number of nitrogens with zero attached hydrogens (tertiary/aromatic N) is 4. The number of ether oxygens (including phenoxy) is 2. The van der Waals surface area contributed by atoms with Gasteiger partial charge in [-0.2, -0.15) is 0 Å². The van der Waals surface area contributed by atoms with Crippen molar-refractivity contribution < 1.29 is 19.1 Å². The fourth-order valence-corrected chi connectivity index (χ4v) is 4.02. The van der Waals surface area contributed by atoms with Gasteiger partial charge in [0.15, 0.2) is 5.82 Å². The first-order valence-corrected chi connectivity index (χ1v) is 13.2. The number of hydrogen-bond acceptors (Lipinski definition) is 9. The van der Waals surface area contributed by atoms with Crippen molar-refractivity contribution in [2.24, 2.45) is 16.6 Å². The van der Waals surface area contributed by atoms with Crippen LogP contribution < -0.4 is 21.5 Å². The smallest absolute Gasteiger partial charge is 0.410 e. The van der Waals surface area contributed by atoms with Gasteiger partial charge in [-0.05, 0) is 64.5 Å². The SMILES string of the molecule is CC(C)(C)OC(=O)N1CCC(N=Cc2cc(NC(=O)C(=CN)c3ncccn3)c(OCC3CC3)cc2N)CC1. The maximum atomic E-state index is 13.1. The van der Waals surface area contributed by atoms with Crippen LogP contribution in [0.5, 0.6) is 5.75 Å². The van der Waals surface area contributed by atoms with Gasteiger partial charge < -0.3 is 31.2 Å². The Morgan fingerprint density at radius 1 is 1.15 bits per heavy atom. The first kappa shape index (κ1) is 27.9. The zero-order chi connectivity index (χ0) is 28.0. The monoisotopic (exact) mass is 535 g/mol. The second kappa shape index (κ2) is 12.1. The third kappa shape index (κ3) is 7.92. The first-order chi connectivity index (χ1) is 18.6. The molecular formula is C28H37N7O4. The van der Waals surface area contributed by atoms with Crippen molar-refractivity contribution in [2.45, 2.75) is 58.1 Å². The fraction of sp³-hybridized carbons (Fsp3) is 0.464. The number of carbonyl (C=O) groups excluding carboxylic acids is 2. The average Bonchev–Trinajstić information content (AvgIpc) is 3.73. The number of nitrogen functional groups attached to an aromatic ring is 1. The molecule has 0 radical (unpaired) electrons. The Balaban J connectivity index is 1.47. The normalized spacial score (nSPS) is 16.8. The first-order valence-electron chi connectivity index (χ1n) is 13.2. The Hall–Kier alpha value is -4.15. The maximum Gasteiger partial charge on any atom is 0.410 e. The molecule has 11 nitrogen and oxygen atoms in total. The van der Waals surface area contributed by atoms with Gasteiger partial charge in [-0.3, -0.25) is 9.79 Å². The number of likely N-dealkylation sites (tertiary alicyclic amines) is 1. The third-order valence-electron chi connectivity index (χ3n) is 6.36. The number of amides is 2. The molecule has 1 aliphatic heterocycles. The van der Waals surface area contributed by atoms with E-state index in [0.29, 0.717) is 61.1 Å². The van der Waals surface area contributed by atoms with Crippen molar-refractivity contribution in [3.63, 3.8) is 0 Å². The molecule has 39 heavy (non-hydrogen) atoms. The molecule has 2 aliphatic rings. The van der Waals surface area contributed by atoms with Gasteiger partial charge in [-0.15, -0.1) is 0 Å². The average molecular weight is 536 g/mol. The van der Waals surface area contributed by atoms with Crippen LogP contribution in [0.15, 0.2) is 41.8 Å². The van der Waals surface area contributed by atoms with Crippen LogP contribution in [0.1, 0.15) is 57.8 Å². The summed E-state index contributed by atoms with van der Waals surface area (Å²) in [6.07, 6.45) is 9.34. The van der Waals surface area contributed by atoms with Crippen molar-refractivity contribution >= 4 is 35.2 Å². The molecule has 1 aromatic carbocycles. The van der Waals surface area contributed by atoms with Gasteiger partial charge in [0.05, 0.1) is 23.9 Å². The number of benzene rings is 1. The topological polar surface area (TPSA) is 158 Å². The lowest BCUT2D eigenvalue weighted by atomic mass is 10.1. The molecule has 2 amide bonds. The molecule has 0 bridgehead atoms. The number of anilines is 2. The number of aromatic nitrogens is 2. The van der Waals surface area contributed by atoms with Gasteiger partial charge in [0.25, 0.3) is 5.91 Å². The lowest BCUT2D eigenvalue weighted by molar-refractivity contribution is -0.111. The van der Waals surface area contributed by atoms with E-state index >= 15 is 0 Å². The predicted molar refractivity (Wildman–Crippen MR) is 150 cm³/mol. The minimum atomic E-state index is -0.528. The van der Waals surface area contributed by atoms with Crippen LogP contribution in [0.4, 0.5) is 16.2 Å². The van der Waals surface area contributed by atoms with Crippen LogP contribution in [-0.2, 0) is 9.53 Å². The van der Waals surface area contributed by atoms with E-state index in [2.05, 4.69) is 15.3 Å². The van der Waals surface area contributed by atoms with Gasteiger partial charge in [0.1, 0.15) is 11.4 Å². The zero-order valence-corrected chi connectivity index (χ0v) is 22.7. The summed E-state index contributed by atoms with van der Waals surface area (Å²) in [6.45, 7) is 7.25. The van der Waals surface area contributed by atoms with Gasteiger partial charge in [0, 0.05) is 55.2 Å². The van der Waals surface area contributed by atoms with E-state index in [4.69, 9.17) is 25.9 Å². The summed E-state index contributed by atoms with van der Waals surface area (Å²) in [5, 5.41) is 2.88. The molecule has 2 fully saturated rings. The Morgan fingerprint density at radius 3 is 2.46 bits per heavy atom. The molecular weight excluding hydrogens is 498 g/mol. The Bertz CT molecular complexity index is 1230. The molecule has 0 spiro atoms. The second-order valence-electron chi connectivity index (χ2n) is 10.8. The molecule has 0 unspecified atom stereocenters. The highest BCUT2D eigenvalue weighted by Crippen LogP contribution is 2.34. The van der Waals surface area contributed by atoms with Crippen LogP contribution in [0, 0.1) is 5.92 Å². The van der Waals surface area contributed by atoms with E-state index < -0.39 is 11.5 Å². The number of nitrogens with two attached hydrogens (primary N) is 2. The number of piperidine rings is 1. The number of aliphatic imine (C=N–C) groups is 1. The molecule has 208 valence electrons. The summed E-state index contributed by atoms with van der Waals surface area (Å²) >= 11 is 0. The van der Waals surface area contributed by atoms with Gasteiger partial charge in [-0.1, -0.05) is 0 Å². The number of rotatable bonds is 8. The second-order valence-corrected chi connectivity index (χ2v) is 10.8. The van der Waals surface area contributed by atoms with Crippen LogP contribution >= 0.6 is 0 Å². The molecule has 1 saturated carbocycles. The highest BCUT2D eigenvalue weighted by molar-refractivity contribution is 6.24. The molecule has 1 saturated heterocycles. The summed E-state index contributed by atoms with van der Waals surface area (Å²) in [4.78, 5) is 40.2. The number of nitrogens with one attached hydrogen (secondary N) is 1. The number of carbonyl (C=O) groups is 2. The maximum absolute atomic E-state index is 13.1. The highest BCUT2D eigenvalue weighted by Gasteiger charge is 2.27. The van der Waals surface area contributed by atoms with Crippen LogP contribution in [-0.4, -0.2) is 64.4 Å². The predicted octanol–water partition coefficient (Wildman–Crippen LogP) is 3.60. The van der Waals surface area contributed by atoms with E-state index in [1.165, 1.54) is 6.20 Å². The minimum absolute atomic E-state index is 0.0360. The summed E-state index contributed by atoms with van der Waals surface area (Å²) in [5.41, 5.74) is 13.3. The summed E-state index contributed by atoms with van der Waals surface area (Å²) in [6, 6.07) is 5.14. The Morgan fingerprint density at radius 2 is 1.85 bits per heavy atom. The minimum Gasteiger partial charge on any atom is -0.491 e. The third-order valence-corrected chi connectivity index (χ3v) is 6.36. The molecule has 1 aliphatic carbocycles. The molecule has 4 rings (SSSR count). The lowest BCUT2D eigenvalue weighted by Crippen LogP contribution is -2.42. The van der Waals surface area contributed by atoms with E-state index in [1.807, 2.05) is 20.8 Å². The van der Waals surface area contributed by atoms with Crippen LogP contribution in [0.25, 0.3) is 5.57 Å². The van der Waals surface area contributed by atoms with Gasteiger partial charge in [0.2, 0.25) is 0 Å². The molecule has 1 aromatic heterocycles. The van der Waals surface area contributed by atoms with Crippen molar-refractivity contribution in [2.75, 3.05) is 30.7 Å². The largest absolute Gasteiger partial charge is 0.491 e. The molecule has 11 heteroatoms. The highest BCUT2D eigenvalue weighted by atomic mass is 16.6. The quantitative estimate of drug-likeness (QED) is 0.263. The van der Waals surface area contributed by atoms with Crippen molar-refractivity contribution in [1.29, 1.82) is 0 Å². The van der Waals surface area contributed by atoms with Crippen LogP contribution in [0.3, 0.4) is 0 Å². The van der Waals surface area contributed by atoms with Crippen LogP contribution in [0.2, 0.25) is 0 Å². The zero-order valence-electron chi connectivity index (χ0n) is 22.7. The van der Waals surface area contributed by atoms with Crippen molar-refractivity contribution in [1.82, 2.24) is 14.9 Å². The van der Waals surface area contributed by atoms with E-state index in [9.17, 15) is 9.59 Å². The van der Waals surface area contributed by atoms with Gasteiger partial charge >= 0.3 is 6.09 Å². The Labute approximate surface area is 228 Å². The summed E-state index contributed by atoms with van der Waals surface area (Å²) in [7, 11) is 0. The standard InChI is InChI=1S/C28H37N7O4/c1-28(2,3)39-27(37)35-11-7-20(8-12-35)33-16-19-13-23(24(14-22(19)30)38-17-18-5-6-18)34-26(36)21(15-29)25-31-9-4-10-32-25/h4,9-10,13-16,18,20H,5-8,11-12,17,29-30H2,1-3H3,(H,34,36). The molecule has 0 atom stereocenters. The lowest BCUT2D eigenvalue weighted by Gasteiger charge is -2.32. The molecule has 2 heterocycles. The van der Waals surface area contributed by atoms with E-state index in [0.717, 1.165) is 12.8 Å². The fourth-order valence-electron chi connectivity index (χ4n) is 4.02. The molecule has 5 N–H and O–H groups in total. The van der Waals surface area contributed by atoms with Gasteiger partial charge in [-0.25, -0.2) is 14.8 Å².